The number of hydrogen-bond donors (Lipinski definition) is 2. The van der Waals surface area contributed by atoms with Crippen molar-refractivity contribution in [1.29, 1.82) is 0 Å². The van der Waals surface area contributed by atoms with Gasteiger partial charge < -0.3 is 9.63 Å². The molecule has 0 saturated heterocycles. The number of non-ortho nitro benzene ring substituents is 1. The molecule has 156 valence electrons. The number of benzene rings is 1. The first kappa shape index (κ1) is 22.3. The summed E-state index contributed by atoms with van der Waals surface area (Å²) in [5.74, 6) is -1.50. The van der Waals surface area contributed by atoms with Gasteiger partial charge in [0.25, 0.3) is 5.69 Å². The molecule has 1 aromatic rings. The number of carboxylic acids is 1. The summed E-state index contributed by atoms with van der Waals surface area (Å²) in [6, 6.07) is 5.06. The number of carboxylic acid groups (broad SMARTS) is 1. The van der Waals surface area contributed by atoms with E-state index in [1.807, 2.05) is 0 Å². The molecular formula is C18H27N2O7P. The molecule has 0 aliphatic heterocycles. The minimum atomic E-state index is -4.08. The van der Waals surface area contributed by atoms with Crippen LogP contribution in [-0.2, 0) is 13.9 Å². The van der Waals surface area contributed by atoms with Crippen LogP contribution in [-0.4, -0.2) is 27.6 Å². The van der Waals surface area contributed by atoms with Gasteiger partial charge in [-0.15, -0.1) is 0 Å². The van der Waals surface area contributed by atoms with Crippen LogP contribution in [0.15, 0.2) is 24.3 Å². The quantitative estimate of drug-likeness (QED) is 0.343. The maximum Gasteiger partial charge on any atom is 0.459 e. The molecule has 9 nitrogen and oxygen atoms in total. The second-order valence-electron chi connectivity index (χ2n) is 7.48. The first-order chi connectivity index (χ1) is 13.1. The summed E-state index contributed by atoms with van der Waals surface area (Å²) in [5, 5.41) is 23.1. The predicted octanol–water partition coefficient (Wildman–Crippen LogP) is 4.52. The third-order valence-electron chi connectivity index (χ3n) is 5.08. The number of nitrogens with zero attached hydrogens (tertiary/aromatic N) is 1. The highest BCUT2D eigenvalue weighted by Gasteiger charge is 2.46. The fourth-order valence-corrected chi connectivity index (χ4v) is 4.98. The predicted molar refractivity (Wildman–Crippen MR) is 103 cm³/mol. The van der Waals surface area contributed by atoms with Crippen LogP contribution in [0.3, 0.4) is 0 Å². The van der Waals surface area contributed by atoms with E-state index in [1.54, 1.807) is 13.8 Å². The van der Waals surface area contributed by atoms with E-state index in [0.29, 0.717) is 12.8 Å². The van der Waals surface area contributed by atoms with E-state index < -0.39 is 30.1 Å². The molecule has 2 N–H and O–H groups in total. The SMILES string of the molecule is CC(C)C(C)(NP(=O)(Oc1ccc([N+](=O)[O-])cc1)OC1CCCCC1)C(=O)O. The van der Waals surface area contributed by atoms with Gasteiger partial charge in [0, 0.05) is 12.1 Å². The van der Waals surface area contributed by atoms with Crippen molar-refractivity contribution >= 4 is 19.4 Å². The molecule has 2 unspecified atom stereocenters. The number of nitrogens with one attached hydrogen (secondary N) is 1. The maximum atomic E-state index is 13.5. The van der Waals surface area contributed by atoms with Crippen molar-refractivity contribution in [3.63, 3.8) is 0 Å². The van der Waals surface area contributed by atoms with Crippen LogP contribution in [0.4, 0.5) is 5.69 Å². The molecule has 1 aliphatic rings. The van der Waals surface area contributed by atoms with Crippen LogP contribution in [0.25, 0.3) is 0 Å². The largest absolute Gasteiger partial charge is 0.480 e. The highest BCUT2D eigenvalue weighted by molar-refractivity contribution is 7.52. The van der Waals surface area contributed by atoms with E-state index in [9.17, 15) is 24.6 Å². The standard InChI is InChI=1S/C18H27N2O7P/c1-13(2)18(3,17(21)22)19-28(25,26-15-7-5-4-6-8-15)27-16-11-9-14(10-12-16)20(23)24/h9-13,15H,4-8H2,1-3H3,(H,19,25)(H,21,22). The molecule has 1 aliphatic carbocycles. The van der Waals surface area contributed by atoms with Gasteiger partial charge in [-0.2, -0.15) is 5.09 Å². The third kappa shape index (κ3) is 5.53. The Kier molecular flexibility index (Phi) is 7.20. The summed E-state index contributed by atoms with van der Waals surface area (Å²) in [5.41, 5.74) is -1.69. The van der Waals surface area contributed by atoms with Crippen LogP contribution in [0.2, 0.25) is 0 Å². The average Bonchev–Trinajstić information content (AvgIpc) is 2.62. The first-order valence-electron chi connectivity index (χ1n) is 9.31. The van der Waals surface area contributed by atoms with Gasteiger partial charge in [-0.05, 0) is 37.8 Å². The average molecular weight is 414 g/mol. The molecule has 1 aromatic carbocycles. The summed E-state index contributed by atoms with van der Waals surface area (Å²) >= 11 is 0. The van der Waals surface area contributed by atoms with Gasteiger partial charge in [0.2, 0.25) is 0 Å². The van der Waals surface area contributed by atoms with E-state index >= 15 is 0 Å². The Balaban J connectivity index is 2.30. The lowest BCUT2D eigenvalue weighted by molar-refractivity contribution is -0.384. The van der Waals surface area contributed by atoms with Crippen molar-refractivity contribution in [1.82, 2.24) is 5.09 Å². The van der Waals surface area contributed by atoms with Gasteiger partial charge in [-0.3, -0.25) is 19.4 Å². The fraction of sp³-hybridized carbons (Fsp3) is 0.611. The minimum absolute atomic E-state index is 0.0914. The van der Waals surface area contributed by atoms with Crippen LogP contribution in [0, 0.1) is 16.0 Å². The smallest absolute Gasteiger partial charge is 0.459 e. The molecule has 0 aromatic heterocycles. The molecule has 1 fully saturated rings. The molecule has 28 heavy (non-hydrogen) atoms. The third-order valence-corrected chi connectivity index (χ3v) is 6.85. The summed E-state index contributed by atoms with van der Waals surface area (Å²) in [7, 11) is -4.08. The van der Waals surface area contributed by atoms with E-state index in [-0.39, 0.29) is 17.5 Å². The second-order valence-corrected chi connectivity index (χ2v) is 9.09. The summed E-state index contributed by atoms with van der Waals surface area (Å²) < 4.78 is 24.9. The summed E-state index contributed by atoms with van der Waals surface area (Å²) in [4.78, 5) is 22.1. The fourth-order valence-electron chi connectivity index (χ4n) is 2.91. The van der Waals surface area contributed by atoms with Gasteiger partial charge >= 0.3 is 13.7 Å². The number of carbonyl (C=O) groups is 1. The van der Waals surface area contributed by atoms with Crippen molar-refractivity contribution in [2.24, 2.45) is 5.92 Å². The Hall–Kier alpha value is -1.96. The Bertz CT molecular complexity index is 747. The number of nitro benzene ring substituents is 1. The van der Waals surface area contributed by atoms with E-state index in [1.165, 1.54) is 31.2 Å². The number of nitro groups is 1. The van der Waals surface area contributed by atoms with Crippen LogP contribution < -0.4 is 9.61 Å². The van der Waals surface area contributed by atoms with Gasteiger partial charge in [0.15, 0.2) is 0 Å². The topological polar surface area (TPSA) is 128 Å². The number of aliphatic carboxylic acids is 1. The number of hydrogen-bond acceptors (Lipinski definition) is 6. The zero-order valence-electron chi connectivity index (χ0n) is 16.3. The van der Waals surface area contributed by atoms with Gasteiger partial charge in [0.1, 0.15) is 11.3 Å². The normalized spacial score (nSPS) is 19.6. The molecule has 2 atom stereocenters. The Morgan fingerprint density at radius 1 is 1.29 bits per heavy atom. The number of rotatable bonds is 9. The molecule has 2 rings (SSSR count). The lowest BCUT2D eigenvalue weighted by Gasteiger charge is -2.35. The van der Waals surface area contributed by atoms with Crippen LogP contribution in [0.1, 0.15) is 52.9 Å². The Morgan fingerprint density at radius 3 is 2.32 bits per heavy atom. The lowest BCUT2D eigenvalue weighted by atomic mass is 9.90. The van der Waals surface area contributed by atoms with Crippen molar-refractivity contribution in [3.8, 4) is 5.75 Å². The van der Waals surface area contributed by atoms with E-state index in [2.05, 4.69) is 5.09 Å². The molecule has 1 saturated carbocycles. The van der Waals surface area contributed by atoms with Crippen LogP contribution >= 0.6 is 7.75 Å². The lowest BCUT2D eigenvalue weighted by Crippen LogP contribution is -2.53. The van der Waals surface area contributed by atoms with Gasteiger partial charge in [-0.25, -0.2) is 4.57 Å². The van der Waals surface area contributed by atoms with Gasteiger partial charge in [0.05, 0.1) is 11.0 Å². The van der Waals surface area contributed by atoms with Crippen LogP contribution in [0.5, 0.6) is 5.75 Å². The summed E-state index contributed by atoms with van der Waals surface area (Å²) in [6.07, 6.45) is 4.04. The second kappa shape index (κ2) is 9.03. The molecule has 0 bridgehead atoms. The van der Waals surface area contributed by atoms with Crippen molar-refractivity contribution in [2.75, 3.05) is 0 Å². The van der Waals surface area contributed by atoms with Crippen molar-refractivity contribution in [3.05, 3.63) is 34.4 Å². The maximum absolute atomic E-state index is 13.5. The molecular weight excluding hydrogens is 387 g/mol. The van der Waals surface area contributed by atoms with Crippen molar-refractivity contribution in [2.45, 2.75) is 64.5 Å². The Labute approximate surface area is 164 Å². The zero-order valence-corrected chi connectivity index (χ0v) is 17.2. The molecule has 0 spiro atoms. The molecule has 10 heteroatoms. The molecule has 0 radical (unpaired) electrons. The summed E-state index contributed by atoms with van der Waals surface area (Å²) in [6.45, 7) is 4.81. The monoisotopic (exact) mass is 414 g/mol. The minimum Gasteiger partial charge on any atom is -0.480 e. The molecule has 0 heterocycles. The van der Waals surface area contributed by atoms with E-state index in [4.69, 9.17) is 9.05 Å². The van der Waals surface area contributed by atoms with Crippen molar-refractivity contribution < 1.29 is 28.4 Å². The first-order valence-corrected chi connectivity index (χ1v) is 10.9. The highest BCUT2D eigenvalue weighted by atomic mass is 31.2. The molecule has 0 amide bonds. The van der Waals surface area contributed by atoms with Gasteiger partial charge in [-0.1, -0.05) is 33.1 Å². The van der Waals surface area contributed by atoms with E-state index in [0.717, 1.165) is 19.3 Å². The zero-order chi connectivity index (χ0) is 20.9. The Morgan fingerprint density at radius 2 is 1.86 bits per heavy atom. The highest BCUT2D eigenvalue weighted by Crippen LogP contribution is 2.50.